The predicted octanol–water partition coefficient (Wildman–Crippen LogP) is 6.91. The summed E-state index contributed by atoms with van der Waals surface area (Å²) in [6, 6.07) is 17.5. The Balaban J connectivity index is 1.15. The molecule has 0 atom stereocenters. The van der Waals surface area contributed by atoms with Crippen molar-refractivity contribution in [2.75, 3.05) is 20.3 Å². The van der Waals surface area contributed by atoms with Gasteiger partial charge in [0.1, 0.15) is 29.7 Å². The Labute approximate surface area is 272 Å². The first-order chi connectivity index (χ1) is 22.9. The highest BCUT2D eigenvalue weighted by molar-refractivity contribution is 6.01. The van der Waals surface area contributed by atoms with E-state index >= 15 is 0 Å². The van der Waals surface area contributed by atoms with Crippen LogP contribution in [-0.4, -0.2) is 51.8 Å². The van der Waals surface area contributed by atoms with Crippen molar-refractivity contribution < 1.29 is 28.9 Å². The summed E-state index contributed by atoms with van der Waals surface area (Å²) >= 11 is 0. The van der Waals surface area contributed by atoms with Crippen molar-refractivity contribution in [2.45, 2.75) is 69.4 Å². The number of benzene rings is 3. The average Bonchev–Trinajstić information content (AvgIpc) is 3.58. The summed E-state index contributed by atoms with van der Waals surface area (Å²) in [5.41, 5.74) is 6.16. The maximum atomic E-state index is 14.0. The van der Waals surface area contributed by atoms with E-state index in [0.29, 0.717) is 41.7 Å². The minimum Gasteiger partial charge on any atom is -0.497 e. The fourth-order valence-electron chi connectivity index (χ4n) is 7.72. The topological polar surface area (TPSA) is 128 Å². The van der Waals surface area contributed by atoms with E-state index in [1.807, 2.05) is 30.3 Å². The van der Waals surface area contributed by atoms with Crippen LogP contribution in [0, 0.1) is 0 Å². The number of aromatic amines is 1. The second-order valence-corrected chi connectivity index (χ2v) is 13.0. The molecule has 10 nitrogen and oxygen atoms in total. The van der Waals surface area contributed by atoms with E-state index < -0.39 is 18.1 Å². The molecule has 242 valence electrons. The molecule has 0 saturated heterocycles. The van der Waals surface area contributed by atoms with Gasteiger partial charge < -0.3 is 34.2 Å². The molecule has 2 aliphatic carbocycles. The van der Waals surface area contributed by atoms with Gasteiger partial charge in [-0.1, -0.05) is 25.3 Å². The maximum Gasteiger partial charge on any atom is 0.341 e. The van der Waals surface area contributed by atoms with Crippen LogP contribution in [0.4, 0.5) is 0 Å². The second-order valence-electron chi connectivity index (χ2n) is 13.0. The number of ether oxygens (including phenoxy) is 3. The van der Waals surface area contributed by atoms with Crippen LogP contribution in [0.2, 0.25) is 0 Å². The Kier molecular flexibility index (Phi) is 7.30. The zero-order chi connectivity index (χ0) is 32.1. The first-order valence-corrected chi connectivity index (χ1v) is 16.6. The van der Waals surface area contributed by atoms with Crippen LogP contribution in [-0.2, 0) is 16.9 Å². The van der Waals surface area contributed by atoms with Crippen molar-refractivity contribution in [1.29, 1.82) is 0 Å². The van der Waals surface area contributed by atoms with E-state index in [4.69, 9.17) is 24.3 Å². The molecule has 1 amide bonds. The minimum atomic E-state index is -1.04. The summed E-state index contributed by atoms with van der Waals surface area (Å²) in [4.78, 5) is 33.2. The Hall–Kier alpha value is -4.99. The third kappa shape index (κ3) is 5.16. The molecule has 0 unspecified atom stereocenters. The lowest BCUT2D eigenvalue weighted by molar-refractivity contribution is -0.139. The highest BCUT2D eigenvalue weighted by Crippen LogP contribution is 2.48. The van der Waals surface area contributed by atoms with Gasteiger partial charge in [0.15, 0.2) is 6.61 Å². The van der Waals surface area contributed by atoms with Crippen molar-refractivity contribution in [3.05, 3.63) is 71.5 Å². The van der Waals surface area contributed by atoms with Crippen molar-refractivity contribution in [3.63, 3.8) is 0 Å². The SMILES string of the molecule is COc1ccc2c(c1)OCCn1c-2c(C2CCCCC2)c2ccc(C(=O)NC3(c4nc5cc(OCC(=O)O)ccc5[nH]4)CCC3)cc21. The van der Waals surface area contributed by atoms with Gasteiger partial charge in [-0.25, -0.2) is 9.78 Å². The van der Waals surface area contributed by atoms with Crippen LogP contribution >= 0.6 is 0 Å². The standard InChI is InChI=1S/C37H38N4O6/c1-45-24-9-12-27-31(20-24)46-17-16-41-30-18-23(8-11-26(30)33(34(27)41)22-6-3-2-4-7-22)35(44)40-37(14-5-15-37)36-38-28-13-10-25(19-29(28)39-36)47-21-32(42)43/h8-13,18-20,22H,2-7,14-17,21H2,1H3,(H,38,39)(H,40,44)(H,42,43). The summed E-state index contributed by atoms with van der Waals surface area (Å²) in [6.07, 6.45) is 8.57. The second kappa shape index (κ2) is 11.7. The number of carbonyl (C=O) groups excluding carboxylic acids is 1. The van der Waals surface area contributed by atoms with E-state index in [1.54, 1.807) is 19.2 Å². The summed E-state index contributed by atoms with van der Waals surface area (Å²) in [7, 11) is 1.67. The fraction of sp³-hybridized carbons (Fsp3) is 0.378. The number of nitrogens with one attached hydrogen (secondary N) is 2. The number of hydrogen-bond acceptors (Lipinski definition) is 6. The molecule has 47 heavy (non-hydrogen) atoms. The van der Waals surface area contributed by atoms with Gasteiger partial charge >= 0.3 is 5.97 Å². The molecule has 0 spiro atoms. The number of methoxy groups -OCH3 is 1. The maximum absolute atomic E-state index is 14.0. The molecule has 1 aliphatic heterocycles. The third-order valence-corrected chi connectivity index (χ3v) is 10.2. The number of H-pyrrole nitrogens is 1. The number of amides is 1. The number of fused-ring (bicyclic) bond motifs is 6. The normalized spacial score (nSPS) is 17.2. The van der Waals surface area contributed by atoms with E-state index in [1.165, 1.54) is 35.9 Å². The van der Waals surface area contributed by atoms with Gasteiger partial charge in [-0.05, 0) is 80.0 Å². The molecule has 5 aromatic rings. The summed E-state index contributed by atoms with van der Waals surface area (Å²) in [5, 5.41) is 13.5. The molecule has 0 bridgehead atoms. The summed E-state index contributed by atoms with van der Waals surface area (Å²) < 4.78 is 19.5. The molecular formula is C37H38N4O6. The Morgan fingerprint density at radius 2 is 1.87 bits per heavy atom. The largest absolute Gasteiger partial charge is 0.497 e. The highest BCUT2D eigenvalue weighted by Gasteiger charge is 2.43. The van der Waals surface area contributed by atoms with Crippen LogP contribution in [0.1, 0.15) is 79.0 Å². The predicted molar refractivity (Wildman–Crippen MR) is 177 cm³/mol. The molecule has 3 heterocycles. The van der Waals surface area contributed by atoms with Crippen molar-refractivity contribution in [3.8, 4) is 28.5 Å². The Bertz CT molecular complexity index is 2020. The molecule has 2 aromatic heterocycles. The zero-order valence-electron chi connectivity index (χ0n) is 26.4. The fourth-order valence-corrected chi connectivity index (χ4v) is 7.72. The summed E-state index contributed by atoms with van der Waals surface area (Å²) in [5.74, 6) is 2.02. The minimum absolute atomic E-state index is 0.137. The van der Waals surface area contributed by atoms with Gasteiger partial charge in [0.05, 0.1) is 35.9 Å². The van der Waals surface area contributed by atoms with Gasteiger partial charge in [-0.3, -0.25) is 4.79 Å². The number of carboxylic acid groups (broad SMARTS) is 1. The van der Waals surface area contributed by atoms with Crippen LogP contribution in [0.5, 0.6) is 17.2 Å². The number of aliphatic carboxylic acids is 1. The van der Waals surface area contributed by atoms with Gasteiger partial charge in [0, 0.05) is 34.2 Å². The van der Waals surface area contributed by atoms with Crippen molar-refractivity contribution in [1.82, 2.24) is 19.9 Å². The van der Waals surface area contributed by atoms with E-state index in [0.717, 1.165) is 60.2 Å². The molecule has 0 radical (unpaired) electrons. The van der Waals surface area contributed by atoms with Gasteiger partial charge in [-0.15, -0.1) is 0 Å². The molecule has 3 N–H and O–H groups in total. The highest BCUT2D eigenvalue weighted by atomic mass is 16.5. The Morgan fingerprint density at radius 1 is 1.04 bits per heavy atom. The number of nitrogens with zero attached hydrogens (tertiary/aromatic N) is 2. The van der Waals surface area contributed by atoms with Crippen LogP contribution in [0.3, 0.4) is 0 Å². The molecule has 2 saturated carbocycles. The lowest BCUT2D eigenvalue weighted by Crippen LogP contribution is -2.51. The first-order valence-electron chi connectivity index (χ1n) is 16.6. The monoisotopic (exact) mass is 634 g/mol. The van der Waals surface area contributed by atoms with Crippen LogP contribution in [0.25, 0.3) is 33.2 Å². The average molecular weight is 635 g/mol. The molecular weight excluding hydrogens is 596 g/mol. The van der Waals surface area contributed by atoms with Gasteiger partial charge in [0.2, 0.25) is 0 Å². The number of imidazole rings is 1. The van der Waals surface area contributed by atoms with E-state index in [-0.39, 0.29) is 5.91 Å². The first kappa shape index (κ1) is 29.4. The van der Waals surface area contributed by atoms with Crippen LogP contribution in [0.15, 0.2) is 54.6 Å². The Morgan fingerprint density at radius 3 is 2.64 bits per heavy atom. The molecule has 3 aliphatic rings. The van der Waals surface area contributed by atoms with Crippen molar-refractivity contribution >= 4 is 33.8 Å². The third-order valence-electron chi connectivity index (χ3n) is 10.2. The number of rotatable bonds is 8. The zero-order valence-corrected chi connectivity index (χ0v) is 26.4. The van der Waals surface area contributed by atoms with E-state index in [2.05, 4.69) is 27.0 Å². The van der Waals surface area contributed by atoms with E-state index in [9.17, 15) is 9.59 Å². The lowest BCUT2D eigenvalue weighted by atomic mass is 9.76. The smallest absolute Gasteiger partial charge is 0.341 e. The number of carboxylic acids is 1. The summed E-state index contributed by atoms with van der Waals surface area (Å²) in [6.45, 7) is 0.784. The van der Waals surface area contributed by atoms with Crippen molar-refractivity contribution in [2.24, 2.45) is 0 Å². The number of carbonyl (C=O) groups is 2. The molecule has 3 aromatic carbocycles. The lowest BCUT2D eigenvalue weighted by Gasteiger charge is -2.40. The van der Waals surface area contributed by atoms with Gasteiger partial charge in [0.25, 0.3) is 5.91 Å². The molecule has 10 heteroatoms. The van der Waals surface area contributed by atoms with Gasteiger partial charge in [-0.2, -0.15) is 0 Å². The van der Waals surface area contributed by atoms with Crippen LogP contribution < -0.4 is 19.5 Å². The number of aromatic nitrogens is 3. The quantitative estimate of drug-likeness (QED) is 0.169. The molecule has 8 rings (SSSR count). The molecule has 2 fully saturated rings. The number of hydrogen-bond donors (Lipinski definition) is 3.